The molecule has 0 saturated heterocycles. The Bertz CT molecular complexity index is 932. The Kier molecular flexibility index (Phi) is 5.39. The molecule has 3 N–H and O–H groups in total. The second-order valence-electron chi connectivity index (χ2n) is 5.73. The first-order chi connectivity index (χ1) is 12.7. The average molecular weight is 347 g/mol. The maximum Gasteiger partial charge on any atom is 0.257 e. The van der Waals surface area contributed by atoms with Crippen molar-refractivity contribution in [1.29, 1.82) is 0 Å². The van der Waals surface area contributed by atoms with Crippen LogP contribution in [0.1, 0.15) is 5.56 Å². The summed E-state index contributed by atoms with van der Waals surface area (Å²) in [5, 5.41) is 5.25. The van der Waals surface area contributed by atoms with E-state index in [4.69, 9.17) is 4.74 Å². The summed E-state index contributed by atoms with van der Waals surface area (Å²) in [6.07, 6.45) is 0. The van der Waals surface area contributed by atoms with Crippen molar-refractivity contribution in [2.75, 3.05) is 19.0 Å². The molecule has 1 amide bonds. The lowest BCUT2D eigenvalue weighted by Gasteiger charge is -2.14. The number of hydrogen-bond acceptors (Lipinski definition) is 4. The third kappa shape index (κ3) is 3.95. The normalized spacial score (nSPS) is 10.2. The molecule has 0 radical (unpaired) electrons. The highest BCUT2D eigenvalue weighted by Crippen LogP contribution is 2.23. The molecule has 3 rings (SSSR count). The summed E-state index contributed by atoms with van der Waals surface area (Å²) in [4.78, 5) is 12.1. The van der Waals surface area contributed by atoms with Gasteiger partial charge in [0.25, 0.3) is 5.91 Å². The zero-order valence-electron chi connectivity index (χ0n) is 14.6. The first-order valence-electron chi connectivity index (χ1n) is 8.28. The summed E-state index contributed by atoms with van der Waals surface area (Å²) in [5.74, 6) is 0.478. The van der Waals surface area contributed by atoms with Gasteiger partial charge in [0.2, 0.25) is 0 Å². The summed E-state index contributed by atoms with van der Waals surface area (Å²) >= 11 is 0. The summed E-state index contributed by atoms with van der Waals surface area (Å²) < 4.78 is 5.25. The number of nitrogens with one attached hydrogen (secondary N) is 3. The van der Waals surface area contributed by atoms with Gasteiger partial charge in [0.05, 0.1) is 25.0 Å². The van der Waals surface area contributed by atoms with Crippen LogP contribution in [0.3, 0.4) is 0 Å². The van der Waals surface area contributed by atoms with Crippen molar-refractivity contribution >= 4 is 28.1 Å². The number of anilines is 1. The number of hydrogen-bond donors (Lipinski definition) is 3. The molecule has 0 atom stereocenters. The van der Waals surface area contributed by atoms with E-state index in [9.17, 15) is 4.79 Å². The van der Waals surface area contributed by atoms with E-state index in [1.54, 1.807) is 7.11 Å². The molecule has 26 heavy (non-hydrogen) atoms. The van der Waals surface area contributed by atoms with Crippen molar-refractivity contribution in [2.24, 2.45) is 0 Å². The van der Waals surface area contributed by atoms with E-state index in [2.05, 4.69) is 22.7 Å². The summed E-state index contributed by atoms with van der Waals surface area (Å²) in [6.45, 7) is 4.13. The van der Waals surface area contributed by atoms with Crippen LogP contribution in [-0.2, 0) is 4.79 Å². The number of carbonyl (C=O) groups is 1. The Hall–Kier alpha value is -3.47. The molecule has 0 aromatic heterocycles. The smallest absolute Gasteiger partial charge is 0.257 e. The van der Waals surface area contributed by atoms with Crippen molar-refractivity contribution in [3.63, 3.8) is 0 Å². The van der Waals surface area contributed by atoms with Crippen molar-refractivity contribution in [1.82, 2.24) is 10.9 Å². The van der Waals surface area contributed by atoms with E-state index in [0.717, 1.165) is 22.0 Å². The van der Waals surface area contributed by atoms with Crippen LogP contribution in [0.2, 0.25) is 0 Å². The van der Waals surface area contributed by atoms with Gasteiger partial charge in [-0.2, -0.15) is 0 Å². The van der Waals surface area contributed by atoms with Gasteiger partial charge in [-0.3, -0.25) is 15.6 Å². The van der Waals surface area contributed by atoms with Crippen molar-refractivity contribution < 1.29 is 9.53 Å². The van der Waals surface area contributed by atoms with E-state index in [1.807, 2.05) is 66.7 Å². The lowest BCUT2D eigenvalue weighted by molar-refractivity contribution is -0.120. The number of ether oxygens (including phenoxy) is 1. The predicted molar refractivity (Wildman–Crippen MR) is 106 cm³/mol. The van der Waals surface area contributed by atoms with Crippen LogP contribution < -0.4 is 20.9 Å². The maximum atomic E-state index is 12.1. The second kappa shape index (κ2) is 8.07. The molecular formula is C21H21N3O2. The van der Waals surface area contributed by atoms with Gasteiger partial charge >= 0.3 is 0 Å². The van der Waals surface area contributed by atoms with Gasteiger partial charge in [-0.15, -0.1) is 0 Å². The fraction of sp³-hybridized carbons (Fsp3) is 0.0952. The topological polar surface area (TPSA) is 62.4 Å². The summed E-state index contributed by atoms with van der Waals surface area (Å²) in [6, 6.07) is 21.5. The molecule has 0 aliphatic rings. The van der Waals surface area contributed by atoms with Crippen LogP contribution in [0.15, 0.2) is 73.3 Å². The molecule has 0 spiro atoms. The van der Waals surface area contributed by atoms with E-state index in [0.29, 0.717) is 11.4 Å². The van der Waals surface area contributed by atoms with Crippen molar-refractivity contribution in [3.8, 4) is 5.75 Å². The predicted octanol–water partition coefficient (Wildman–Crippen LogP) is 3.55. The minimum atomic E-state index is -0.211. The fourth-order valence-corrected chi connectivity index (χ4v) is 2.71. The molecule has 132 valence electrons. The van der Waals surface area contributed by atoms with Gasteiger partial charge in [-0.05, 0) is 22.9 Å². The highest BCUT2D eigenvalue weighted by Gasteiger charge is 2.07. The van der Waals surface area contributed by atoms with Crippen LogP contribution in [0, 0.1) is 0 Å². The number of rotatable bonds is 7. The molecule has 0 bridgehead atoms. The second-order valence-corrected chi connectivity index (χ2v) is 5.73. The molecule has 5 nitrogen and oxygen atoms in total. The third-order valence-electron chi connectivity index (χ3n) is 4.01. The van der Waals surface area contributed by atoms with Crippen LogP contribution in [0.4, 0.5) is 5.69 Å². The van der Waals surface area contributed by atoms with E-state index in [1.165, 1.54) is 0 Å². The molecular weight excluding hydrogens is 326 g/mol. The average Bonchev–Trinajstić information content (AvgIpc) is 2.70. The molecule has 0 fully saturated rings. The van der Waals surface area contributed by atoms with Crippen LogP contribution in [0.5, 0.6) is 5.75 Å². The molecule has 3 aromatic rings. The molecule has 0 heterocycles. The van der Waals surface area contributed by atoms with Gasteiger partial charge < -0.3 is 10.1 Å². The Morgan fingerprint density at radius 2 is 1.69 bits per heavy atom. The Morgan fingerprint density at radius 1 is 0.962 bits per heavy atom. The van der Waals surface area contributed by atoms with E-state index >= 15 is 0 Å². The summed E-state index contributed by atoms with van der Waals surface area (Å²) in [7, 11) is 1.59. The lowest BCUT2D eigenvalue weighted by atomic mass is 10.0. The van der Waals surface area contributed by atoms with Crippen molar-refractivity contribution in [2.45, 2.75) is 0 Å². The number of fused-ring (bicyclic) bond motifs is 1. The SMILES string of the molecule is C=C(NNC(=O)CNc1ccccc1OC)c1cccc2ccccc12. The zero-order chi connectivity index (χ0) is 18.4. The number of carbonyl (C=O) groups excluding carboxylic acids is 1. The number of amides is 1. The zero-order valence-corrected chi connectivity index (χ0v) is 14.6. The molecule has 0 aliphatic carbocycles. The highest BCUT2D eigenvalue weighted by atomic mass is 16.5. The Morgan fingerprint density at radius 3 is 2.54 bits per heavy atom. The van der Waals surface area contributed by atoms with Gasteiger partial charge in [0, 0.05) is 5.56 Å². The molecule has 0 unspecified atom stereocenters. The first kappa shape index (κ1) is 17.4. The van der Waals surface area contributed by atoms with Crippen LogP contribution >= 0.6 is 0 Å². The number of para-hydroxylation sites is 2. The summed E-state index contributed by atoms with van der Waals surface area (Å²) in [5.41, 5.74) is 7.89. The Balaban J connectivity index is 1.58. The van der Waals surface area contributed by atoms with Crippen LogP contribution in [-0.4, -0.2) is 19.6 Å². The number of hydrazine groups is 1. The number of benzene rings is 3. The standard InChI is InChI=1S/C21H21N3O2/c1-15(17-11-7-9-16-8-3-4-10-18(16)17)23-24-21(25)14-22-19-12-5-6-13-20(19)26-2/h3-13,22-23H,1,14H2,2H3,(H,24,25). The molecule has 5 heteroatoms. The van der Waals surface area contributed by atoms with Gasteiger partial charge in [-0.1, -0.05) is 61.2 Å². The highest BCUT2D eigenvalue weighted by molar-refractivity contribution is 5.93. The third-order valence-corrected chi connectivity index (χ3v) is 4.01. The monoisotopic (exact) mass is 347 g/mol. The molecule has 0 saturated carbocycles. The molecule has 3 aromatic carbocycles. The number of methoxy groups -OCH3 is 1. The fourth-order valence-electron chi connectivity index (χ4n) is 2.71. The largest absolute Gasteiger partial charge is 0.495 e. The quantitative estimate of drug-likeness (QED) is 0.572. The van der Waals surface area contributed by atoms with Gasteiger partial charge in [0.15, 0.2) is 0 Å². The minimum Gasteiger partial charge on any atom is -0.495 e. The Labute approximate surface area is 152 Å². The lowest BCUT2D eigenvalue weighted by Crippen LogP contribution is -2.39. The van der Waals surface area contributed by atoms with Gasteiger partial charge in [-0.25, -0.2) is 0 Å². The van der Waals surface area contributed by atoms with E-state index in [-0.39, 0.29) is 12.5 Å². The van der Waals surface area contributed by atoms with Crippen LogP contribution in [0.25, 0.3) is 16.5 Å². The minimum absolute atomic E-state index is 0.107. The van der Waals surface area contributed by atoms with Crippen molar-refractivity contribution in [3.05, 3.63) is 78.9 Å². The maximum absolute atomic E-state index is 12.1. The first-order valence-corrected chi connectivity index (χ1v) is 8.28. The van der Waals surface area contributed by atoms with Gasteiger partial charge in [0.1, 0.15) is 5.75 Å². The molecule has 0 aliphatic heterocycles. The van der Waals surface area contributed by atoms with E-state index < -0.39 is 0 Å².